The topological polar surface area (TPSA) is 47.9 Å². The molecule has 0 N–H and O–H groups in total. The highest BCUT2D eigenvalue weighted by atomic mass is 35.5. The Balaban J connectivity index is 2.18. The first-order chi connectivity index (χ1) is 7.24. The van der Waals surface area contributed by atoms with Crippen LogP contribution < -0.4 is 4.74 Å². The van der Waals surface area contributed by atoms with Crippen molar-refractivity contribution in [2.75, 3.05) is 0 Å². The van der Waals surface area contributed by atoms with Crippen LogP contribution in [-0.2, 0) is 0 Å². The summed E-state index contributed by atoms with van der Waals surface area (Å²) in [6.45, 7) is 0. The molecule has 0 aliphatic rings. The number of rotatable bonds is 2. The van der Waals surface area contributed by atoms with E-state index in [4.69, 9.17) is 27.9 Å². The van der Waals surface area contributed by atoms with Crippen LogP contribution in [0.5, 0.6) is 11.8 Å². The van der Waals surface area contributed by atoms with E-state index in [-0.39, 0.29) is 0 Å². The van der Waals surface area contributed by atoms with Gasteiger partial charge in [0.05, 0.1) is 0 Å². The van der Waals surface area contributed by atoms with E-state index in [0.717, 1.165) is 0 Å². The number of nitrogens with zero attached hydrogens (tertiary/aromatic N) is 3. The van der Waals surface area contributed by atoms with Crippen molar-refractivity contribution in [3.8, 4) is 11.8 Å². The lowest BCUT2D eigenvalue weighted by molar-refractivity contribution is 0.438. The second kappa shape index (κ2) is 4.42. The summed E-state index contributed by atoms with van der Waals surface area (Å²) < 4.78 is 5.29. The molecule has 0 unspecified atom stereocenters. The van der Waals surface area contributed by atoms with Gasteiger partial charge < -0.3 is 4.74 Å². The third-order valence-electron chi connectivity index (χ3n) is 1.51. The molecule has 0 spiro atoms. The first-order valence-electron chi connectivity index (χ1n) is 4.04. The van der Waals surface area contributed by atoms with Gasteiger partial charge in [-0.05, 0) is 12.1 Å². The minimum atomic E-state index is 0.307. The summed E-state index contributed by atoms with van der Waals surface area (Å²) in [5.41, 5.74) is 0. The Morgan fingerprint density at radius 2 is 1.73 bits per heavy atom. The highest BCUT2D eigenvalue weighted by Crippen LogP contribution is 2.18. The van der Waals surface area contributed by atoms with Crippen LogP contribution in [0.2, 0.25) is 10.3 Å². The molecule has 2 aromatic rings. The Kier molecular flexibility index (Phi) is 2.99. The Hall–Kier alpha value is -1.39. The van der Waals surface area contributed by atoms with Crippen molar-refractivity contribution in [2.24, 2.45) is 0 Å². The molecule has 76 valence electrons. The van der Waals surface area contributed by atoms with Gasteiger partial charge in [0.25, 0.3) is 0 Å². The van der Waals surface area contributed by atoms with E-state index >= 15 is 0 Å². The number of pyridine rings is 1. The predicted octanol–water partition coefficient (Wildman–Crippen LogP) is 2.97. The van der Waals surface area contributed by atoms with E-state index in [1.54, 1.807) is 30.3 Å². The molecule has 0 aliphatic carbocycles. The monoisotopic (exact) mass is 241 g/mol. The molecule has 2 heterocycles. The molecule has 0 amide bonds. The van der Waals surface area contributed by atoms with E-state index in [1.807, 2.05) is 0 Å². The molecule has 0 bridgehead atoms. The molecule has 6 heteroatoms. The van der Waals surface area contributed by atoms with Gasteiger partial charge in [-0.15, -0.1) is 10.2 Å². The van der Waals surface area contributed by atoms with E-state index in [9.17, 15) is 0 Å². The van der Waals surface area contributed by atoms with Crippen LogP contribution in [0.25, 0.3) is 0 Å². The van der Waals surface area contributed by atoms with E-state index in [2.05, 4.69) is 15.2 Å². The van der Waals surface area contributed by atoms with Gasteiger partial charge in [0.2, 0.25) is 11.8 Å². The highest BCUT2D eigenvalue weighted by Gasteiger charge is 2.01. The highest BCUT2D eigenvalue weighted by molar-refractivity contribution is 6.29. The molecule has 0 fully saturated rings. The van der Waals surface area contributed by atoms with E-state index < -0.39 is 0 Å². The van der Waals surface area contributed by atoms with Crippen molar-refractivity contribution < 1.29 is 4.74 Å². The van der Waals surface area contributed by atoms with E-state index in [1.165, 1.54) is 0 Å². The van der Waals surface area contributed by atoms with Crippen molar-refractivity contribution >= 4 is 23.2 Å². The summed E-state index contributed by atoms with van der Waals surface area (Å²) in [6.07, 6.45) is 0. The number of hydrogen-bond donors (Lipinski definition) is 0. The predicted molar refractivity (Wildman–Crippen MR) is 56.4 cm³/mol. The molecular formula is C9H5Cl2N3O. The molecule has 0 saturated heterocycles. The summed E-state index contributed by atoms with van der Waals surface area (Å²) in [4.78, 5) is 3.93. The van der Waals surface area contributed by atoms with Crippen LogP contribution in [0, 0.1) is 0 Å². The molecular weight excluding hydrogens is 237 g/mol. The van der Waals surface area contributed by atoms with Gasteiger partial charge in [0.1, 0.15) is 5.15 Å². The molecule has 0 saturated carbocycles. The molecule has 15 heavy (non-hydrogen) atoms. The molecule has 0 atom stereocenters. The average Bonchev–Trinajstić information content (AvgIpc) is 2.22. The summed E-state index contributed by atoms with van der Waals surface area (Å²) in [5.74, 6) is 0.674. The van der Waals surface area contributed by atoms with Crippen LogP contribution in [-0.4, -0.2) is 15.2 Å². The Bertz CT molecular complexity index is 461. The summed E-state index contributed by atoms with van der Waals surface area (Å²) in [6, 6.07) is 8.23. The van der Waals surface area contributed by atoms with Crippen molar-refractivity contribution in [3.63, 3.8) is 0 Å². The molecule has 0 radical (unpaired) electrons. The quantitative estimate of drug-likeness (QED) is 0.759. The first kappa shape index (κ1) is 10.1. The fraction of sp³-hybridized carbons (Fsp3) is 0. The molecule has 4 nitrogen and oxygen atoms in total. The Morgan fingerprint density at radius 1 is 0.867 bits per heavy atom. The summed E-state index contributed by atoms with van der Waals surface area (Å²) >= 11 is 11.3. The smallest absolute Gasteiger partial charge is 0.240 e. The van der Waals surface area contributed by atoms with Gasteiger partial charge in [0.15, 0.2) is 5.15 Å². The zero-order valence-corrected chi connectivity index (χ0v) is 8.90. The van der Waals surface area contributed by atoms with Crippen LogP contribution in [0.4, 0.5) is 0 Å². The molecule has 0 aromatic carbocycles. The second-order valence-electron chi connectivity index (χ2n) is 2.59. The molecule has 0 aliphatic heterocycles. The maximum atomic E-state index is 5.69. The Morgan fingerprint density at radius 3 is 2.40 bits per heavy atom. The zero-order chi connectivity index (χ0) is 10.7. The van der Waals surface area contributed by atoms with Crippen LogP contribution in [0.3, 0.4) is 0 Å². The largest absolute Gasteiger partial charge is 0.419 e. The van der Waals surface area contributed by atoms with Gasteiger partial charge in [-0.2, -0.15) is 0 Å². The molecule has 2 rings (SSSR count). The Labute approximate surface area is 95.8 Å². The lowest BCUT2D eigenvalue weighted by Gasteiger charge is -2.02. The number of ether oxygens (including phenoxy) is 1. The van der Waals surface area contributed by atoms with Crippen molar-refractivity contribution in [1.29, 1.82) is 0 Å². The van der Waals surface area contributed by atoms with Crippen LogP contribution in [0.15, 0.2) is 30.3 Å². The normalized spacial score (nSPS) is 10.0. The number of hydrogen-bond acceptors (Lipinski definition) is 4. The fourth-order valence-electron chi connectivity index (χ4n) is 0.912. The van der Waals surface area contributed by atoms with Gasteiger partial charge in [0, 0.05) is 12.1 Å². The third-order valence-corrected chi connectivity index (χ3v) is 1.92. The lowest BCUT2D eigenvalue weighted by Crippen LogP contribution is -1.92. The number of aromatic nitrogens is 3. The van der Waals surface area contributed by atoms with Crippen molar-refractivity contribution in [1.82, 2.24) is 15.2 Å². The van der Waals surface area contributed by atoms with E-state index in [0.29, 0.717) is 22.1 Å². The van der Waals surface area contributed by atoms with Crippen LogP contribution >= 0.6 is 23.2 Å². The maximum absolute atomic E-state index is 5.69. The zero-order valence-electron chi connectivity index (χ0n) is 7.39. The van der Waals surface area contributed by atoms with Gasteiger partial charge in [-0.1, -0.05) is 29.3 Å². The summed E-state index contributed by atoms with van der Waals surface area (Å²) in [7, 11) is 0. The van der Waals surface area contributed by atoms with Gasteiger partial charge in [-0.25, -0.2) is 4.98 Å². The van der Waals surface area contributed by atoms with Gasteiger partial charge >= 0.3 is 0 Å². The first-order valence-corrected chi connectivity index (χ1v) is 4.79. The number of halogens is 2. The van der Waals surface area contributed by atoms with Crippen molar-refractivity contribution in [2.45, 2.75) is 0 Å². The molecule has 2 aromatic heterocycles. The average molecular weight is 242 g/mol. The minimum Gasteiger partial charge on any atom is -0.419 e. The lowest BCUT2D eigenvalue weighted by atomic mass is 10.5. The van der Waals surface area contributed by atoms with Crippen molar-refractivity contribution in [3.05, 3.63) is 40.6 Å². The standard InChI is InChI=1S/C9H5Cl2N3O/c10-6-2-1-3-8(12-6)15-9-5-4-7(11)13-14-9/h1-5H. The minimum absolute atomic E-state index is 0.307. The van der Waals surface area contributed by atoms with Crippen LogP contribution in [0.1, 0.15) is 0 Å². The second-order valence-corrected chi connectivity index (χ2v) is 3.37. The maximum Gasteiger partial charge on any atom is 0.240 e. The SMILES string of the molecule is Clc1ccc(Oc2cccc(Cl)n2)nn1. The van der Waals surface area contributed by atoms with Gasteiger partial charge in [-0.3, -0.25) is 0 Å². The third kappa shape index (κ3) is 2.78. The summed E-state index contributed by atoms with van der Waals surface area (Å²) in [5, 5.41) is 8.01. The fourth-order valence-corrected chi connectivity index (χ4v) is 1.17.